The lowest BCUT2D eigenvalue weighted by Crippen LogP contribution is -2.07. The average Bonchev–Trinajstić information content (AvgIpc) is 2.56. The molecule has 2 rings (SSSR count). The molecule has 8 nitrogen and oxygen atoms in total. The van der Waals surface area contributed by atoms with E-state index in [1.165, 1.54) is 30.7 Å². The molecule has 0 radical (unpaired) electrons. The van der Waals surface area contributed by atoms with Crippen molar-refractivity contribution >= 4 is 23.3 Å². The second-order valence-electron chi connectivity index (χ2n) is 4.56. The summed E-state index contributed by atoms with van der Waals surface area (Å²) in [4.78, 5) is 29.4. The maximum Gasteiger partial charge on any atom is 0.340 e. The number of hydrogen-bond donors (Lipinski definition) is 3. The van der Waals surface area contributed by atoms with E-state index in [1.54, 1.807) is 6.92 Å². The van der Waals surface area contributed by atoms with Crippen molar-refractivity contribution in [3.63, 3.8) is 0 Å². The second-order valence-corrected chi connectivity index (χ2v) is 4.56. The Morgan fingerprint density at radius 1 is 1.17 bits per heavy atom. The predicted octanol–water partition coefficient (Wildman–Crippen LogP) is 1.76. The Kier molecular flexibility index (Phi) is 7.15. The van der Waals surface area contributed by atoms with Crippen molar-refractivity contribution in [2.75, 3.05) is 18.1 Å². The predicted molar refractivity (Wildman–Crippen MR) is 89.6 cm³/mol. The first-order chi connectivity index (χ1) is 11.4. The highest BCUT2D eigenvalue weighted by molar-refractivity contribution is 5.94. The molecule has 8 heteroatoms. The van der Waals surface area contributed by atoms with Crippen molar-refractivity contribution in [3.05, 3.63) is 47.5 Å². The van der Waals surface area contributed by atoms with Gasteiger partial charge in [0.25, 0.3) is 0 Å². The summed E-state index contributed by atoms with van der Waals surface area (Å²) in [5.74, 6) is -1.41. The molecule has 0 aliphatic carbocycles. The zero-order chi connectivity index (χ0) is 18.1. The summed E-state index contributed by atoms with van der Waals surface area (Å²) in [5.41, 5.74) is 12.8. The number of carbonyl (C=O) groups is 2. The number of pyridine rings is 2. The number of nitrogen functional groups attached to an aromatic ring is 2. The van der Waals surface area contributed by atoms with Crippen LogP contribution < -0.4 is 11.5 Å². The Balaban J connectivity index is 0.000000240. The van der Waals surface area contributed by atoms with Gasteiger partial charge in [-0.1, -0.05) is 6.92 Å². The minimum atomic E-state index is -1.01. The first-order valence-corrected chi connectivity index (χ1v) is 7.25. The van der Waals surface area contributed by atoms with Gasteiger partial charge in [-0.2, -0.15) is 0 Å². The van der Waals surface area contributed by atoms with Crippen LogP contribution in [0.4, 0.5) is 11.4 Å². The van der Waals surface area contributed by atoms with Gasteiger partial charge in [-0.15, -0.1) is 0 Å². The van der Waals surface area contributed by atoms with Crippen LogP contribution in [0.2, 0.25) is 0 Å². The second kappa shape index (κ2) is 9.09. The maximum absolute atomic E-state index is 11.1. The summed E-state index contributed by atoms with van der Waals surface area (Å²) in [6, 6.07) is 2.93. The van der Waals surface area contributed by atoms with Gasteiger partial charge in [0.1, 0.15) is 0 Å². The van der Waals surface area contributed by atoms with Crippen molar-refractivity contribution in [2.24, 2.45) is 0 Å². The zero-order valence-corrected chi connectivity index (χ0v) is 13.5. The highest BCUT2D eigenvalue weighted by atomic mass is 16.5. The van der Waals surface area contributed by atoms with Crippen LogP contribution >= 0.6 is 0 Å². The van der Waals surface area contributed by atoms with Gasteiger partial charge in [0, 0.05) is 12.4 Å². The third-order valence-corrected chi connectivity index (χ3v) is 2.99. The van der Waals surface area contributed by atoms with E-state index in [1.807, 2.05) is 6.92 Å². The summed E-state index contributed by atoms with van der Waals surface area (Å²) in [6.07, 6.45) is 5.03. The monoisotopic (exact) mass is 332 g/mol. The number of carboxylic acid groups (broad SMARTS) is 1. The van der Waals surface area contributed by atoms with Gasteiger partial charge in [0.15, 0.2) is 0 Å². The van der Waals surface area contributed by atoms with Crippen LogP contribution in [0.1, 0.15) is 40.3 Å². The smallest absolute Gasteiger partial charge is 0.340 e. The number of carbonyl (C=O) groups excluding carboxylic acids is 1. The Hall–Kier alpha value is -3.16. The van der Waals surface area contributed by atoms with Gasteiger partial charge >= 0.3 is 11.9 Å². The number of aromatic nitrogens is 2. The minimum absolute atomic E-state index is 0.127. The van der Waals surface area contributed by atoms with Crippen LogP contribution in [0.15, 0.2) is 30.7 Å². The molecule has 0 amide bonds. The normalized spacial score (nSPS) is 9.58. The Morgan fingerprint density at radius 3 is 2.38 bits per heavy atom. The number of nitrogens with zero attached hydrogens (tertiary/aromatic N) is 2. The molecule has 5 N–H and O–H groups in total. The molecule has 2 aromatic rings. The zero-order valence-electron chi connectivity index (χ0n) is 13.5. The Morgan fingerprint density at radius 2 is 1.83 bits per heavy atom. The van der Waals surface area contributed by atoms with Gasteiger partial charge in [0.2, 0.25) is 0 Å². The number of ether oxygens (including phenoxy) is 1. The number of aromatic carboxylic acids is 1. The number of rotatable bonds is 4. The lowest BCUT2D eigenvalue weighted by Gasteiger charge is -2.03. The van der Waals surface area contributed by atoms with E-state index in [0.29, 0.717) is 30.0 Å². The molecular formula is C16H20N4O4. The first-order valence-electron chi connectivity index (χ1n) is 7.25. The van der Waals surface area contributed by atoms with E-state index >= 15 is 0 Å². The minimum Gasteiger partial charge on any atom is -0.478 e. The van der Waals surface area contributed by atoms with E-state index in [9.17, 15) is 9.59 Å². The molecule has 0 atom stereocenters. The molecule has 0 saturated heterocycles. The standard InChI is InChI=1S/2C8H10N2O2/c1-2-12-8(11)6-3-4-10-5-7(6)9;1-2-6-7(9)5(8(11)12)3-4-10-6/h3-5H,2,9H2,1H3;3-4H,2,9H2,1H3,(H,11,12). The van der Waals surface area contributed by atoms with E-state index < -0.39 is 11.9 Å². The summed E-state index contributed by atoms with van der Waals surface area (Å²) in [6.45, 7) is 3.97. The van der Waals surface area contributed by atoms with Crippen LogP contribution in [0.25, 0.3) is 0 Å². The van der Waals surface area contributed by atoms with E-state index in [4.69, 9.17) is 21.3 Å². The first kappa shape index (κ1) is 18.9. The lowest BCUT2D eigenvalue weighted by atomic mass is 10.1. The molecule has 24 heavy (non-hydrogen) atoms. The number of aryl methyl sites for hydroxylation is 1. The molecule has 0 spiro atoms. The fourth-order valence-electron chi connectivity index (χ4n) is 1.79. The van der Waals surface area contributed by atoms with Crippen LogP contribution in [-0.2, 0) is 11.2 Å². The van der Waals surface area contributed by atoms with E-state index in [-0.39, 0.29) is 11.3 Å². The molecule has 0 aliphatic rings. The molecule has 0 bridgehead atoms. The molecule has 0 unspecified atom stereocenters. The van der Waals surface area contributed by atoms with Gasteiger partial charge in [-0.3, -0.25) is 9.97 Å². The maximum atomic E-state index is 11.1. The van der Waals surface area contributed by atoms with Gasteiger partial charge < -0.3 is 21.3 Å². The van der Waals surface area contributed by atoms with Crippen LogP contribution in [0.5, 0.6) is 0 Å². The summed E-state index contributed by atoms with van der Waals surface area (Å²) < 4.78 is 4.76. The van der Waals surface area contributed by atoms with Crippen molar-refractivity contribution in [1.82, 2.24) is 9.97 Å². The average molecular weight is 332 g/mol. The molecule has 2 heterocycles. The van der Waals surface area contributed by atoms with E-state index in [2.05, 4.69) is 9.97 Å². The van der Waals surface area contributed by atoms with Crippen LogP contribution in [-0.4, -0.2) is 33.6 Å². The molecule has 0 fully saturated rings. The largest absolute Gasteiger partial charge is 0.478 e. The van der Waals surface area contributed by atoms with Crippen molar-refractivity contribution in [3.8, 4) is 0 Å². The highest BCUT2D eigenvalue weighted by Gasteiger charge is 2.10. The number of nitrogens with two attached hydrogens (primary N) is 2. The lowest BCUT2D eigenvalue weighted by molar-refractivity contribution is 0.0527. The SMILES string of the molecule is CCOC(=O)c1ccncc1N.CCc1nccc(C(=O)O)c1N. The molecule has 128 valence electrons. The van der Waals surface area contributed by atoms with E-state index in [0.717, 1.165) is 0 Å². The van der Waals surface area contributed by atoms with Crippen molar-refractivity contribution in [1.29, 1.82) is 0 Å². The molecule has 0 saturated carbocycles. The van der Waals surface area contributed by atoms with Crippen LogP contribution in [0.3, 0.4) is 0 Å². The quantitative estimate of drug-likeness (QED) is 0.719. The van der Waals surface area contributed by atoms with Gasteiger partial charge in [-0.25, -0.2) is 9.59 Å². The third kappa shape index (κ3) is 4.94. The number of esters is 1. The van der Waals surface area contributed by atoms with Crippen molar-refractivity contribution in [2.45, 2.75) is 20.3 Å². The third-order valence-electron chi connectivity index (χ3n) is 2.99. The fraction of sp³-hybridized carbons (Fsp3) is 0.250. The highest BCUT2D eigenvalue weighted by Crippen LogP contribution is 2.15. The summed E-state index contributed by atoms with van der Waals surface area (Å²) >= 11 is 0. The van der Waals surface area contributed by atoms with Crippen molar-refractivity contribution < 1.29 is 19.4 Å². The summed E-state index contributed by atoms with van der Waals surface area (Å²) in [7, 11) is 0. The number of carboxylic acids is 1. The molecular weight excluding hydrogens is 312 g/mol. The van der Waals surface area contributed by atoms with Crippen LogP contribution in [0, 0.1) is 0 Å². The summed E-state index contributed by atoms with van der Waals surface area (Å²) in [5, 5.41) is 8.68. The molecule has 0 aliphatic heterocycles. The van der Waals surface area contributed by atoms with Gasteiger partial charge in [-0.05, 0) is 25.5 Å². The number of hydrogen-bond acceptors (Lipinski definition) is 7. The Labute approximate surface area is 139 Å². The Bertz CT molecular complexity index is 719. The number of anilines is 2. The molecule has 2 aromatic heterocycles. The topological polar surface area (TPSA) is 141 Å². The fourth-order valence-corrected chi connectivity index (χ4v) is 1.79. The molecule has 0 aromatic carbocycles. The van der Waals surface area contributed by atoms with Gasteiger partial charge in [0.05, 0.1) is 41.0 Å².